The van der Waals surface area contributed by atoms with Crippen LogP contribution in [0.25, 0.3) is 0 Å². The summed E-state index contributed by atoms with van der Waals surface area (Å²) in [6, 6.07) is -0.281. The maximum atomic E-state index is 12.7. The second-order valence-electron chi connectivity index (χ2n) is 8.80. The number of carboxylic acid groups (broad SMARTS) is 1. The molecule has 0 spiro atoms. The zero-order chi connectivity index (χ0) is 17.6. The van der Waals surface area contributed by atoms with Gasteiger partial charge in [0.2, 0.25) is 0 Å². The number of carbonyl (C=O) groups excluding carboxylic acids is 1. The number of amides is 1. The van der Waals surface area contributed by atoms with Crippen LogP contribution in [0.1, 0.15) is 60.3 Å². The van der Waals surface area contributed by atoms with Gasteiger partial charge in [0.15, 0.2) is 6.10 Å². The minimum atomic E-state index is -1.43. The Hall–Kier alpha value is -1.30. The summed E-state index contributed by atoms with van der Waals surface area (Å²) in [5.41, 5.74) is -1.37. The van der Waals surface area contributed by atoms with E-state index in [9.17, 15) is 19.8 Å². The summed E-state index contributed by atoms with van der Waals surface area (Å²) in [5, 5.41) is 19.4. The van der Waals surface area contributed by atoms with Crippen LogP contribution in [-0.4, -0.2) is 51.5 Å². The molecule has 132 valence electrons. The van der Waals surface area contributed by atoms with E-state index in [-0.39, 0.29) is 11.5 Å². The summed E-state index contributed by atoms with van der Waals surface area (Å²) in [6.45, 7) is 10.1. The molecule has 1 aliphatic carbocycles. The Balaban J connectivity index is 2.26. The zero-order valence-electron chi connectivity index (χ0n) is 14.8. The fraction of sp³-hybridized carbons (Fsp3) is 0.882. The highest BCUT2D eigenvalue weighted by atomic mass is 16.6. The van der Waals surface area contributed by atoms with Crippen molar-refractivity contribution in [1.29, 1.82) is 0 Å². The number of aliphatic carboxylic acids is 1. The van der Waals surface area contributed by atoms with Gasteiger partial charge in [0.1, 0.15) is 5.60 Å². The van der Waals surface area contributed by atoms with Crippen LogP contribution in [0, 0.1) is 10.8 Å². The van der Waals surface area contributed by atoms with Crippen LogP contribution in [-0.2, 0) is 9.53 Å². The molecule has 2 fully saturated rings. The molecule has 2 aliphatic rings. The highest BCUT2D eigenvalue weighted by molar-refractivity contribution is 5.75. The Bertz CT molecular complexity index is 490. The maximum Gasteiger partial charge on any atom is 0.410 e. The van der Waals surface area contributed by atoms with E-state index in [2.05, 4.69) is 13.8 Å². The number of rotatable bonds is 3. The molecule has 0 aromatic carbocycles. The molecular formula is C17H29NO5. The Morgan fingerprint density at radius 2 is 1.78 bits per heavy atom. The SMILES string of the molecule is CC1(C)CCC(C2(C(O)C(=O)O)CC2)N(C(=O)OC(C)(C)C)C1. The van der Waals surface area contributed by atoms with E-state index >= 15 is 0 Å². The van der Waals surface area contributed by atoms with Crippen molar-refractivity contribution >= 4 is 12.1 Å². The first kappa shape index (κ1) is 18.0. The van der Waals surface area contributed by atoms with Gasteiger partial charge in [-0.3, -0.25) is 0 Å². The first-order chi connectivity index (χ1) is 10.4. The van der Waals surface area contributed by atoms with Gasteiger partial charge in [-0.15, -0.1) is 0 Å². The van der Waals surface area contributed by atoms with Crippen LogP contribution in [0.4, 0.5) is 4.79 Å². The molecule has 23 heavy (non-hydrogen) atoms. The van der Waals surface area contributed by atoms with Gasteiger partial charge in [0, 0.05) is 18.0 Å². The predicted octanol–water partition coefficient (Wildman–Crippen LogP) is 2.64. The molecule has 0 bridgehead atoms. The normalized spacial score (nSPS) is 27.2. The molecule has 2 rings (SSSR count). The third-order valence-electron chi connectivity index (χ3n) is 4.97. The quantitative estimate of drug-likeness (QED) is 0.832. The van der Waals surface area contributed by atoms with Crippen molar-refractivity contribution in [3.8, 4) is 0 Å². The summed E-state index contributed by atoms with van der Waals surface area (Å²) in [6.07, 6.45) is 0.995. The minimum Gasteiger partial charge on any atom is -0.479 e. The highest BCUT2D eigenvalue weighted by Gasteiger charge is 2.61. The first-order valence-electron chi connectivity index (χ1n) is 8.28. The van der Waals surface area contributed by atoms with Crippen molar-refractivity contribution < 1.29 is 24.5 Å². The molecule has 1 saturated carbocycles. The molecule has 2 N–H and O–H groups in total. The summed E-state index contributed by atoms with van der Waals surface area (Å²) >= 11 is 0. The molecule has 0 aromatic heterocycles. The van der Waals surface area contributed by atoms with Crippen molar-refractivity contribution in [1.82, 2.24) is 4.90 Å². The Labute approximate surface area is 137 Å². The minimum absolute atomic E-state index is 0.0440. The number of hydrogen-bond acceptors (Lipinski definition) is 4. The standard InChI is InChI=1S/C17H29NO5/c1-15(2,3)23-14(22)18-10-16(4,5)7-6-11(18)17(8-9-17)12(19)13(20)21/h11-12,19H,6-10H2,1-5H3,(H,20,21). The van der Waals surface area contributed by atoms with Crippen molar-refractivity contribution in [3.63, 3.8) is 0 Å². The second kappa shape index (κ2) is 5.65. The molecule has 0 radical (unpaired) electrons. The van der Waals surface area contributed by atoms with Crippen LogP contribution in [0.3, 0.4) is 0 Å². The molecular weight excluding hydrogens is 298 g/mol. The van der Waals surface area contributed by atoms with Gasteiger partial charge in [0.05, 0.1) is 0 Å². The number of aliphatic hydroxyl groups excluding tert-OH is 1. The Morgan fingerprint density at radius 3 is 2.22 bits per heavy atom. The second-order valence-corrected chi connectivity index (χ2v) is 8.80. The zero-order valence-corrected chi connectivity index (χ0v) is 14.8. The Morgan fingerprint density at radius 1 is 1.22 bits per heavy atom. The van der Waals surface area contributed by atoms with Gasteiger partial charge in [-0.1, -0.05) is 13.8 Å². The fourth-order valence-corrected chi connectivity index (χ4v) is 3.62. The molecule has 2 unspecified atom stereocenters. The number of hydrogen-bond donors (Lipinski definition) is 2. The maximum absolute atomic E-state index is 12.7. The molecule has 1 heterocycles. The van der Waals surface area contributed by atoms with E-state index in [0.717, 1.165) is 6.42 Å². The number of piperidine rings is 1. The number of nitrogens with zero attached hydrogens (tertiary/aromatic N) is 1. The van der Waals surface area contributed by atoms with E-state index < -0.39 is 29.2 Å². The third kappa shape index (κ3) is 3.79. The lowest BCUT2D eigenvalue weighted by Crippen LogP contribution is -2.57. The van der Waals surface area contributed by atoms with Gasteiger partial charge in [-0.25, -0.2) is 9.59 Å². The number of aliphatic hydroxyl groups is 1. The molecule has 0 aromatic rings. The predicted molar refractivity (Wildman–Crippen MR) is 85.1 cm³/mol. The molecule has 1 amide bonds. The molecule has 1 aliphatic heterocycles. The lowest BCUT2D eigenvalue weighted by atomic mass is 9.75. The first-order valence-corrected chi connectivity index (χ1v) is 8.28. The molecule has 2 atom stereocenters. The molecule has 6 heteroatoms. The average Bonchev–Trinajstić information content (AvgIpc) is 3.16. The largest absolute Gasteiger partial charge is 0.479 e. The van der Waals surface area contributed by atoms with Gasteiger partial charge < -0.3 is 19.8 Å². The number of carbonyl (C=O) groups is 2. The van der Waals surface area contributed by atoms with Crippen LogP contribution in [0.5, 0.6) is 0 Å². The van der Waals surface area contributed by atoms with E-state index in [1.807, 2.05) is 20.8 Å². The number of likely N-dealkylation sites (tertiary alicyclic amines) is 1. The van der Waals surface area contributed by atoms with Crippen molar-refractivity contribution in [2.24, 2.45) is 10.8 Å². The summed E-state index contributed by atoms with van der Waals surface area (Å²) < 4.78 is 5.52. The Kier molecular flexibility index (Phi) is 4.43. The van der Waals surface area contributed by atoms with Crippen LogP contribution < -0.4 is 0 Å². The smallest absolute Gasteiger partial charge is 0.410 e. The molecule has 1 saturated heterocycles. The highest BCUT2D eigenvalue weighted by Crippen LogP contribution is 2.56. The van der Waals surface area contributed by atoms with Gasteiger partial charge in [0.25, 0.3) is 0 Å². The van der Waals surface area contributed by atoms with Crippen molar-refractivity contribution in [2.75, 3.05) is 6.54 Å². The summed E-state index contributed by atoms with van der Waals surface area (Å²) in [4.78, 5) is 25.6. The summed E-state index contributed by atoms with van der Waals surface area (Å²) in [5.74, 6) is -1.21. The third-order valence-corrected chi connectivity index (χ3v) is 4.97. The van der Waals surface area contributed by atoms with Gasteiger partial charge >= 0.3 is 12.1 Å². The lowest BCUT2D eigenvalue weighted by Gasteiger charge is -2.47. The van der Waals surface area contributed by atoms with E-state index in [0.29, 0.717) is 25.8 Å². The van der Waals surface area contributed by atoms with Crippen LogP contribution >= 0.6 is 0 Å². The van der Waals surface area contributed by atoms with Gasteiger partial charge in [-0.05, 0) is 51.9 Å². The van der Waals surface area contributed by atoms with E-state index in [1.165, 1.54) is 0 Å². The van der Waals surface area contributed by atoms with Crippen molar-refractivity contribution in [2.45, 2.75) is 78.0 Å². The summed E-state index contributed by atoms with van der Waals surface area (Å²) in [7, 11) is 0. The fourth-order valence-electron chi connectivity index (χ4n) is 3.62. The molecule has 6 nitrogen and oxygen atoms in total. The van der Waals surface area contributed by atoms with Crippen LogP contribution in [0.2, 0.25) is 0 Å². The monoisotopic (exact) mass is 327 g/mol. The number of ether oxygens (including phenoxy) is 1. The van der Waals surface area contributed by atoms with E-state index in [4.69, 9.17) is 4.74 Å². The van der Waals surface area contributed by atoms with Gasteiger partial charge in [-0.2, -0.15) is 0 Å². The number of carboxylic acids is 1. The van der Waals surface area contributed by atoms with Crippen molar-refractivity contribution in [3.05, 3.63) is 0 Å². The van der Waals surface area contributed by atoms with E-state index in [1.54, 1.807) is 4.90 Å². The topological polar surface area (TPSA) is 87.1 Å². The average molecular weight is 327 g/mol. The lowest BCUT2D eigenvalue weighted by molar-refractivity contribution is -0.153. The van der Waals surface area contributed by atoms with Crippen LogP contribution in [0.15, 0.2) is 0 Å².